The van der Waals surface area contributed by atoms with Gasteiger partial charge in [0.1, 0.15) is 5.76 Å². The molecule has 0 bridgehead atoms. The van der Waals surface area contributed by atoms with Gasteiger partial charge in [-0.2, -0.15) is 13.2 Å². The van der Waals surface area contributed by atoms with Crippen molar-refractivity contribution < 1.29 is 17.6 Å². The van der Waals surface area contributed by atoms with Crippen LogP contribution >= 0.6 is 0 Å². The molecule has 1 aromatic heterocycles. The maximum absolute atomic E-state index is 13.0. The third kappa shape index (κ3) is 3.64. The summed E-state index contributed by atoms with van der Waals surface area (Å²) >= 11 is 0. The van der Waals surface area contributed by atoms with Gasteiger partial charge in [0.25, 0.3) is 0 Å². The van der Waals surface area contributed by atoms with Gasteiger partial charge < -0.3 is 9.73 Å². The van der Waals surface area contributed by atoms with Gasteiger partial charge in [-0.25, -0.2) is 4.98 Å². The molecule has 2 aromatic rings. The summed E-state index contributed by atoms with van der Waals surface area (Å²) in [4.78, 5) is 4.20. The number of nitrogens with one attached hydrogen (secondary N) is 1. The maximum atomic E-state index is 13.0. The topological polar surface area (TPSA) is 38.1 Å². The lowest BCUT2D eigenvalue weighted by atomic mass is 10.0. The van der Waals surface area contributed by atoms with Gasteiger partial charge in [-0.1, -0.05) is 18.2 Å². The molecule has 1 N–H and O–H groups in total. The van der Waals surface area contributed by atoms with Gasteiger partial charge in [0.15, 0.2) is 0 Å². The van der Waals surface area contributed by atoms with E-state index >= 15 is 0 Å². The number of hydrogen-bond acceptors (Lipinski definition) is 3. The Bertz CT molecular complexity index is 600. The number of rotatable bonds is 4. The highest BCUT2D eigenvalue weighted by atomic mass is 19.4. The summed E-state index contributed by atoms with van der Waals surface area (Å²) in [5.41, 5.74) is 0.380. The lowest BCUT2D eigenvalue weighted by molar-refractivity contribution is -0.138. The van der Waals surface area contributed by atoms with E-state index in [1.165, 1.54) is 12.1 Å². The Morgan fingerprint density at radius 1 is 1.24 bits per heavy atom. The largest absolute Gasteiger partial charge is 0.444 e. The van der Waals surface area contributed by atoms with E-state index in [4.69, 9.17) is 4.42 Å². The normalized spacial score (nSPS) is 13.4. The predicted molar refractivity (Wildman–Crippen MR) is 72.7 cm³/mol. The molecule has 1 aromatic carbocycles. The molecule has 6 heteroatoms. The standard InChI is InChI=1S/C15H17F3N2O/c1-9-11(3)21-14(20-9)8-19-10(2)12-6-4-5-7-13(12)15(16,17)18/h4-7,10,19H,8H2,1-3H3. The molecule has 114 valence electrons. The summed E-state index contributed by atoms with van der Waals surface area (Å²) in [7, 11) is 0. The Kier molecular flexibility index (Phi) is 4.37. The van der Waals surface area contributed by atoms with E-state index < -0.39 is 17.8 Å². The summed E-state index contributed by atoms with van der Waals surface area (Å²) in [5.74, 6) is 1.19. The van der Waals surface area contributed by atoms with Crippen LogP contribution in [0.1, 0.15) is 41.4 Å². The Labute approximate surface area is 121 Å². The second kappa shape index (κ2) is 5.89. The summed E-state index contributed by atoms with van der Waals surface area (Å²) in [6.45, 7) is 5.59. The third-order valence-electron chi connectivity index (χ3n) is 3.36. The second-order valence-corrected chi connectivity index (χ2v) is 4.94. The van der Waals surface area contributed by atoms with Gasteiger partial charge in [-0.3, -0.25) is 0 Å². The summed E-state index contributed by atoms with van der Waals surface area (Å²) in [6, 6.07) is 5.09. The van der Waals surface area contributed by atoms with Gasteiger partial charge in [0.05, 0.1) is 17.8 Å². The molecule has 0 aliphatic rings. The number of aromatic nitrogens is 1. The van der Waals surface area contributed by atoms with E-state index in [0.29, 0.717) is 5.89 Å². The monoisotopic (exact) mass is 298 g/mol. The number of aryl methyl sites for hydroxylation is 2. The molecule has 0 aliphatic carbocycles. The van der Waals surface area contributed by atoms with Gasteiger partial charge in [0, 0.05) is 6.04 Å². The first-order valence-electron chi connectivity index (χ1n) is 6.61. The molecule has 0 saturated carbocycles. The van der Waals surface area contributed by atoms with Crippen molar-refractivity contribution in [2.24, 2.45) is 0 Å². The van der Waals surface area contributed by atoms with Gasteiger partial charge >= 0.3 is 6.18 Å². The van der Waals surface area contributed by atoms with Crippen molar-refractivity contribution in [1.82, 2.24) is 10.3 Å². The molecule has 0 amide bonds. The van der Waals surface area contributed by atoms with Crippen LogP contribution in [-0.2, 0) is 12.7 Å². The number of oxazole rings is 1. The Balaban J connectivity index is 2.12. The summed E-state index contributed by atoms with van der Waals surface area (Å²) in [5, 5.41) is 3.01. The molecule has 0 saturated heterocycles. The first-order chi connectivity index (χ1) is 9.79. The van der Waals surface area contributed by atoms with Crippen LogP contribution < -0.4 is 5.32 Å². The molecule has 0 radical (unpaired) electrons. The molecule has 1 atom stereocenters. The lowest BCUT2D eigenvalue weighted by Crippen LogP contribution is -2.21. The molecular weight excluding hydrogens is 281 g/mol. The maximum Gasteiger partial charge on any atom is 0.416 e. The zero-order valence-corrected chi connectivity index (χ0v) is 12.1. The van der Waals surface area contributed by atoms with Gasteiger partial charge in [-0.05, 0) is 32.4 Å². The number of nitrogens with zero attached hydrogens (tertiary/aromatic N) is 1. The molecule has 2 rings (SSSR count). The molecule has 0 fully saturated rings. The number of benzene rings is 1. The Morgan fingerprint density at radius 2 is 1.90 bits per heavy atom. The fourth-order valence-corrected chi connectivity index (χ4v) is 2.10. The van der Waals surface area contributed by atoms with Crippen LogP contribution in [0.15, 0.2) is 28.7 Å². The molecule has 21 heavy (non-hydrogen) atoms. The van der Waals surface area contributed by atoms with Crippen LogP contribution in [0.25, 0.3) is 0 Å². The van der Waals surface area contributed by atoms with Crippen LogP contribution in [0, 0.1) is 13.8 Å². The molecule has 1 heterocycles. The molecular formula is C15H17F3N2O. The van der Waals surface area contributed by atoms with Crippen LogP contribution in [0.4, 0.5) is 13.2 Å². The highest BCUT2D eigenvalue weighted by molar-refractivity contribution is 5.32. The van der Waals surface area contributed by atoms with E-state index in [1.807, 2.05) is 6.92 Å². The van der Waals surface area contributed by atoms with E-state index in [1.54, 1.807) is 19.9 Å². The van der Waals surface area contributed by atoms with Crippen molar-refractivity contribution >= 4 is 0 Å². The van der Waals surface area contributed by atoms with Crippen molar-refractivity contribution in [3.8, 4) is 0 Å². The average Bonchev–Trinajstić information content (AvgIpc) is 2.74. The average molecular weight is 298 g/mol. The first kappa shape index (κ1) is 15.6. The molecule has 0 spiro atoms. The first-order valence-corrected chi connectivity index (χ1v) is 6.61. The summed E-state index contributed by atoms with van der Waals surface area (Å²) < 4.78 is 44.3. The Morgan fingerprint density at radius 3 is 2.48 bits per heavy atom. The third-order valence-corrected chi connectivity index (χ3v) is 3.36. The Hall–Kier alpha value is -1.82. The zero-order valence-electron chi connectivity index (χ0n) is 12.1. The molecule has 3 nitrogen and oxygen atoms in total. The predicted octanol–water partition coefficient (Wildman–Crippen LogP) is 4.16. The van der Waals surface area contributed by atoms with Crippen molar-refractivity contribution in [2.45, 2.75) is 39.5 Å². The fraction of sp³-hybridized carbons (Fsp3) is 0.400. The fourth-order valence-electron chi connectivity index (χ4n) is 2.10. The van der Waals surface area contributed by atoms with Crippen LogP contribution in [0.2, 0.25) is 0 Å². The molecule has 0 aliphatic heterocycles. The lowest BCUT2D eigenvalue weighted by Gasteiger charge is -2.18. The summed E-state index contributed by atoms with van der Waals surface area (Å²) in [6.07, 6.45) is -4.36. The second-order valence-electron chi connectivity index (χ2n) is 4.94. The zero-order chi connectivity index (χ0) is 15.6. The minimum absolute atomic E-state index is 0.213. The van der Waals surface area contributed by atoms with Crippen LogP contribution in [0.5, 0.6) is 0 Å². The van der Waals surface area contributed by atoms with Crippen LogP contribution in [-0.4, -0.2) is 4.98 Å². The quantitative estimate of drug-likeness (QED) is 0.921. The number of halogens is 3. The SMILES string of the molecule is Cc1nc(CNC(C)c2ccccc2C(F)(F)F)oc1C. The van der Waals surface area contributed by atoms with Gasteiger partial charge in [-0.15, -0.1) is 0 Å². The van der Waals surface area contributed by atoms with Crippen molar-refractivity contribution in [2.75, 3.05) is 0 Å². The highest BCUT2D eigenvalue weighted by Crippen LogP contribution is 2.34. The number of alkyl halides is 3. The van der Waals surface area contributed by atoms with Crippen LogP contribution in [0.3, 0.4) is 0 Å². The van der Waals surface area contributed by atoms with Crippen molar-refractivity contribution in [3.05, 3.63) is 52.7 Å². The highest BCUT2D eigenvalue weighted by Gasteiger charge is 2.34. The minimum Gasteiger partial charge on any atom is -0.444 e. The van der Waals surface area contributed by atoms with E-state index in [2.05, 4.69) is 10.3 Å². The number of hydrogen-bond donors (Lipinski definition) is 1. The smallest absolute Gasteiger partial charge is 0.416 e. The van der Waals surface area contributed by atoms with E-state index in [0.717, 1.165) is 17.5 Å². The van der Waals surface area contributed by atoms with Gasteiger partial charge in [0.2, 0.25) is 5.89 Å². The van der Waals surface area contributed by atoms with Crippen molar-refractivity contribution in [1.29, 1.82) is 0 Å². The van der Waals surface area contributed by atoms with E-state index in [-0.39, 0.29) is 12.1 Å². The molecule has 1 unspecified atom stereocenters. The minimum atomic E-state index is -4.36. The van der Waals surface area contributed by atoms with Crippen molar-refractivity contribution in [3.63, 3.8) is 0 Å². The van der Waals surface area contributed by atoms with E-state index in [9.17, 15) is 13.2 Å².